The van der Waals surface area contributed by atoms with E-state index in [4.69, 9.17) is 9.47 Å². The minimum atomic E-state index is -1.26. The van der Waals surface area contributed by atoms with Gasteiger partial charge in [0.2, 0.25) is 5.91 Å². The number of nitrogens with one attached hydrogen (secondary N) is 2. The van der Waals surface area contributed by atoms with Crippen LogP contribution in [-0.2, 0) is 28.6 Å². The average Bonchev–Trinajstić information content (AvgIpc) is 2.91. The van der Waals surface area contributed by atoms with Gasteiger partial charge >= 0.3 is 18.0 Å². The normalized spacial score (nSPS) is 12.7. The molecule has 0 heterocycles. The van der Waals surface area contributed by atoms with Gasteiger partial charge in [0.1, 0.15) is 18.2 Å². The number of thioether (sulfide) groups is 1. The molecule has 0 aromatic heterocycles. The highest BCUT2D eigenvalue weighted by Crippen LogP contribution is 2.13. The molecule has 0 fully saturated rings. The van der Waals surface area contributed by atoms with E-state index in [1.54, 1.807) is 20.8 Å². The summed E-state index contributed by atoms with van der Waals surface area (Å²) in [6.45, 7) is 6.86. The Morgan fingerprint density at radius 2 is 1.34 bits per heavy atom. The highest BCUT2D eigenvalue weighted by Gasteiger charge is 2.28. The van der Waals surface area contributed by atoms with Gasteiger partial charge in [0.05, 0.1) is 13.7 Å². The molecule has 0 radical (unpaired) electrons. The Morgan fingerprint density at radius 3 is 1.83 bits per heavy atom. The van der Waals surface area contributed by atoms with Crippen molar-refractivity contribution in [2.45, 2.75) is 135 Å². The van der Waals surface area contributed by atoms with E-state index in [1.807, 2.05) is 0 Å². The van der Waals surface area contributed by atoms with E-state index < -0.39 is 42.3 Å². The van der Waals surface area contributed by atoms with Gasteiger partial charge in [0, 0.05) is 17.9 Å². The minimum Gasteiger partial charge on any atom is -0.467 e. The molecule has 0 saturated heterocycles. The maximum atomic E-state index is 12.7. The summed E-state index contributed by atoms with van der Waals surface area (Å²) in [6, 6.07) is -2.30. The number of carbonyl (C=O) groups is 4. The first-order chi connectivity index (χ1) is 19.5. The lowest BCUT2D eigenvalue weighted by Crippen LogP contribution is -2.54. The van der Waals surface area contributed by atoms with Gasteiger partial charge in [-0.05, 0) is 27.2 Å². The third kappa shape index (κ3) is 23.3. The lowest BCUT2D eigenvalue weighted by atomic mass is 10.0. The maximum Gasteiger partial charge on any atom is 0.408 e. The molecule has 0 aromatic rings. The van der Waals surface area contributed by atoms with Gasteiger partial charge in [-0.3, -0.25) is 9.59 Å². The van der Waals surface area contributed by atoms with Crippen LogP contribution in [-0.4, -0.2) is 78.6 Å². The number of ether oxygens (including phenoxy) is 3. The monoisotopic (exact) mass is 604 g/mol. The Hall–Kier alpha value is -2.01. The second-order valence-corrected chi connectivity index (χ2v) is 12.4. The number of carbonyl (C=O) groups excluding carboxylic acids is 4. The van der Waals surface area contributed by atoms with Gasteiger partial charge in [-0.25, -0.2) is 9.59 Å². The highest BCUT2D eigenvalue weighted by molar-refractivity contribution is 7.99. The Labute approximate surface area is 251 Å². The second-order valence-electron chi connectivity index (χ2n) is 11.3. The smallest absolute Gasteiger partial charge is 0.408 e. The second kappa shape index (κ2) is 24.6. The zero-order chi connectivity index (χ0) is 30.9. The van der Waals surface area contributed by atoms with Crippen molar-refractivity contribution >= 4 is 35.7 Å². The van der Waals surface area contributed by atoms with E-state index in [0.29, 0.717) is 12.2 Å². The number of hydrogen-bond donors (Lipinski definition) is 3. The van der Waals surface area contributed by atoms with Crippen LogP contribution in [0.5, 0.6) is 0 Å². The molecule has 10 nitrogen and oxygen atoms in total. The summed E-state index contributed by atoms with van der Waals surface area (Å²) < 4.78 is 15.1. The summed E-state index contributed by atoms with van der Waals surface area (Å²) in [5.74, 6) is -1.16. The van der Waals surface area contributed by atoms with Crippen molar-refractivity contribution in [1.82, 2.24) is 10.6 Å². The largest absolute Gasteiger partial charge is 0.467 e. The van der Waals surface area contributed by atoms with E-state index in [2.05, 4.69) is 22.3 Å². The molecule has 2 amide bonds. The minimum absolute atomic E-state index is 0.140. The van der Waals surface area contributed by atoms with Crippen LogP contribution in [0, 0.1) is 0 Å². The fourth-order valence-electron chi connectivity index (χ4n) is 4.00. The van der Waals surface area contributed by atoms with Crippen LogP contribution in [0.25, 0.3) is 0 Å². The van der Waals surface area contributed by atoms with E-state index in [1.165, 1.54) is 76.0 Å². The van der Waals surface area contributed by atoms with Gasteiger partial charge < -0.3 is 30.0 Å². The van der Waals surface area contributed by atoms with E-state index in [0.717, 1.165) is 26.4 Å². The number of unbranched alkanes of at least 4 members (excludes halogenated alkanes) is 12. The van der Waals surface area contributed by atoms with Gasteiger partial charge in [-0.1, -0.05) is 84.0 Å². The number of aliphatic hydroxyl groups excluding tert-OH is 1. The standard InChI is InChI=1S/C30H56N2O8S/c1-6-7-8-9-10-11-12-13-14-15-16-17-18-19-26(34)39-20-21-41-23-25(32-29(37)40-30(2,3)4)27(35)31-24(22-33)28(36)38-5/h24-25,33H,6-23H2,1-5H3,(H,31,35)(H,32,37)/t24?,25-/m1/s1. The van der Waals surface area contributed by atoms with Crippen LogP contribution in [0.1, 0.15) is 118 Å². The predicted octanol–water partition coefficient (Wildman–Crippen LogP) is 5.29. The van der Waals surface area contributed by atoms with Gasteiger partial charge in [0.15, 0.2) is 6.04 Å². The Bertz CT molecular complexity index is 730. The SMILES string of the molecule is CCCCCCCCCCCCCCCC(=O)OCCSC[C@@H](NC(=O)OC(C)(C)C)C(=O)NC(CO)C(=O)OC. The van der Waals surface area contributed by atoms with E-state index in [-0.39, 0.29) is 18.3 Å². The quantitative estimate of drug-likeness (QED) is 0.0762. The molecule has 0 bridgehead atoms. The molecule has 240 valence electrons. The predicted molar refractivity (Wildman–Crippen MR) is 163 cm³/mol. The molecular formula is C30H56N2O8S. The molecule has 2 atom stereocenters. The fraction of sp³-hybridized carbons (Fsp3) is 0.867. The molecule has 0 saturated carbocycles. The fourth-order valence-corrected chi connectivity index (χ4v) is 4.84. The van der Waals surface area contributed by atoms with Gasteiger partial charge in [-0.15, -0.1) is 0 Å². The van der Waals surface area contributed by atoms with Crippen LogP contribution >= 0.6 is 11.8 Å². The van der Waals surface area contributed by atoms with Crippen molar-refractivity contribution in [3.05, 3.63) is 0 Å². The average molecular weight is 605 g/mol. The third-order valence-corrected chi connectivity index (χ3v) is 7.28. The summed E-state index contributed by atoms with van der Waals surface area (Å²) in [5, 5.41) is 14.2. The number of methoxy groups -OCH3 is 1. The molecule has 41 heavy (non-hydrogen) atoms. The Morgan fingerprint density at radius 1 is 0.805 bits per heavy atom. The summed E-state index contributed by atoms with van der Waals surface area (Å²) in [7, 11) is 1.14. The summed E-state index contributed by atoms with van der Waals surface area (Å²) >= 11 is 1.30. The van der Waals surface area contributed by atoms with Gasteiger partial charge in [-0.2, -0.15) is 11.8 Å². The van der Waals surface area contributed by atoms with Crippen molar-refractivity contribution in [1.29, 1.82) is 0 Å². The van der Waals surface area contributed by atoms with Crippen LogP contribution < -0.4 is 10.6 Å². The van der Waals surface area contributed by atoms with E-state index in [9.17, 15) is 24.3 Å². The number of hydrogen-bond acceptors (Lipinski definition) is 9. The molecule has 11 heteroatoms. The van der Waals surface area contributed by atoms with Crippen molar-refractivity contribution < 1.29 is 38.5 Å². The van der Waals surface area contributed by atoms with Gasteiger partial charge in [0.25, 0.3) is 0 Å². The molecule has 0 spiro atoms. The molecule has 0 aliphatic heterocycles. The molecule has 0 aliphatic rings. The van der Waals surface area contributed by atoms with E-state index >= 15 is 0 Å². The first-order valence-electron chi connectivity index (χ1n) is 15.3. The number of alkyl carbamates (subject to hydrolysis) is 1. The van der Waals surface area contributed by atoms with Crippen molar-refractivity contribution in [2.75, 3.05) is 31.8 Å². The first kappa shape index (κ1) is 39.0. The first-order valence-corrected chi connectivity index (χ1v) is 16.4. The zero-order valence-corrected chi connectivity index (χ0v) is 26.9. The molecule has 3 N–H and O–H groups in total. The maximum absolute atomic E-state index is 12.7. The summed E-state index contributed by atoms with van der Waals surface area (Å²) in [5.41, 5.74) is -0.765. The number of esters is 2. The van der Waals surface area contributed by atoms with Crippen molar-refractivity contribution in [3.63, 3.8) is 0 Å². The molecule has 0 rings (SSSR count). The van der Waals surface area contributed by atoms with Crippen LogP contribution in [0.2, 0.25) is 0 Å². The van der Waals surface area contributed by atoms with Crippen LogP contribution in [0.4, 0.5) is 4.79 Å². The molecule has 1 unspecified atom stereocenters. The Kier molecular flexibility index (Phi) is 23.4. The topological polar surface area (TPSA) is 140 Å². The third-order valence-electron chi connectivity index (χ3n) is 6.25. The number of aliphatic hydroxyl groups is 1. The zero-order valence-electron chi connectivity index (χ0n) is 26.1. The number of rotatable bonds is 24. The summed E-state index contributed by atoms with van der Waals surface area (Å²) in [6.07, 6.45) is 15.8. The molecule has 0 aromatic carbocycles. The van der Waals surface area contributed by atoms with Crippen molar-refractivity contribution in [2.24, 2.45) is 0 Å². The van der Waals surface area contributed by atoms with Crippen LogP contribution in [0.3, 0.4) is 0 Å². The lowest BCUT2D eigenvalue weighted by molar-refractivity contribution is -0.146. The summed E-state index contributed by atoms with van der Waals surface area (Å²) in [4.78, 5) is 48.7. The lowest BCUT2D eigenvalue weighted by Gasteiger charge is -2.24. The molecule has 0 aliphatic carbocycles. The molecular weight excluding hydrogens is 548 g/mol. The Balaban J connectivity index is 4.18. The number of amides is 2. The van der Waals surface area contributed by atoms with Crippen molar-refractivity contribution in [3.8, 4) is 0 Å². The highest BCUT2D eigenvalue weighted by atomic mass is 32.2. The van der Waals surface area contributed by atoms with Crippen LogP contribution in [0.15, 0.2) is 0 Å².